The summed E-state index contributed by atoms with van der Waals surface area (Å²) in [6, 6.07) is 0. The van der Waals surface area contributed by atoms with Crippen molar-refractivity contribution in [1.82, 2.24) is 9.13 Å². The summed E-state index contributed by atoms with van der Waals surface area (Å²) >= 11 is 0. The number of imidazole rings is 1. The van der Waals surface area contributed by atoms with Gasteiger partial charge in [-0.2, -0.15) is 0 Å². The maximum atomic E-state index is 11.5. The molecule has 1 aliphatic rings. The van der Waals surface area contributed by atoms with Crippen LogP contribution in [0, 0.1) is 0 Å². The Kier molecular flexibility index (Phi) is 2.46. The van der Waals surface area contributed by atoms with E-state index in [1.54, 1.807) is 22.4 Å². The van der Waals surface area contributed by atoms with Crippen molar-refractivity contribution >= 4 is 0 Å². The van der Waals surface area contributed by atoms with Crippen LogP contribution in [-0.2, 0) is 18.3 Å². The summed E-state index contributed by atoms with van der Waals surface area (Å²) in [5.74, 6) is 0. The number of ether oxygens (including phenoxy) is 1. The minimum atomic E-state index is 0.0353. The maximum absolute atomic E-state index is 11.5. The number of hydrogen-bond acceptors (Lipinski definition) is 2. The second-order valence-electron chi connectivity index (χ2n) is 3.99. The summed E-state index contributed by atoms with van der Waals surface area (Å²) in [5, 5.41) is 0. The van der Waals surface area contributed by atoms with Gasteiger partial charge in [0, 0.05) is 19.4 Å². The van der Waals surface area contributed by atoms with E-state index in [0.29, 0.717) is 12.6 Å². The molecular formula is C10H16N2O2. The fourth-order valence-corrected chi connectivity index (χ4v) is 1.89. The average molecular weight is 196 g/mol. The van der Waals surface area contributed by atoms with Gasteiger partial charge < -0.3 is 9.30 Å². The smallest absolute Gasteiger partial charge is 0.327 e. The van der Waals surface area contributed by atoms with Crippen LogP contribution in [0.25, 0.3) is 0 Å². The van der Waals surface area contributed by atoms with E-state index in [0.717, 1.165) is 12.8 Å². The molecule has 1 aromatic rings. The minimum Gasteiger partial charge on any atom is -0.373 e. The molecule has 1 fully saturated rings. The van der Waals surface area contributed by atoms with Gasteiger partial charge in [-0.3, -0.25) is 4.57 Å². The van der Waals surface area contributed by atoms with E-state index in [9.17, 15) is 4.79 Å². The predicted octanol–water partition coefficient (Wildman–Crippen LogP) is 0.754. The molecule has 1 aromatic heterocycles. The molecule has 4 nitrogen and oxygen atoms in total. The van der Waals surface area contributed by atoms with Gasteiger partial charge in [-0.05, 0) is 19.8 Å². The first-order valence-corrected chi connectivity index (χ1v) is 5.04. The van der Waals surface area contributed by atoms with Crippen LogP contribution in [-0.4, -0.2) is 21.3 Å². The van der Waals surface area contributed by atoms with Crippen molar-refractivity contribution in [2.24, 2.45) is 7.05 Å². The topological polar surface area (TPSA) is 36.2 Å². The molecule has 78 valence electrons. The first kappa shape index (κ1) is 9.52. The lowest BCUT2D eigenvalue weighted by molar-refractivity contribution is 0.0451. The lowest BCUT2D eigenvalue weighted by Crippen LogP contribution is -2.27. The molecule has 14 heavy (non-hydrogen) atoms. The summed E-state index contributed by atoms with van der Waals surface area (Å²) in [5.41, 5.74) is 0.0353. The van der Waals surface area contributed by atoms with Gasteiger partial charge >= 0.3 is 5.69 Å². The molecule has 4 heteroatoms. The second kappa shape index (κ2) is 3.61. The maximum Gasteiger partial charge on any atom is 0.327 e. The van der Waals surface area contributed by atoms with Crippen molar-refractivity contribution in [2.75, 3.05) is 0 Å². The quantitative estimate of drug-likeness (QED) is 0.700. The van der Waals surface area contributed by atoms with E-state index < -0.39 is 0 Å². The Balaban J connectivity index is 2.04. The molecule has 1 aliphatic heterocycles. The fourth-order valence-electron chi connectivity index (χ4n) is 1.89. The standard InChI is InChI=1S/C10H16N2O2/c1-8-3-4-9(14-8)7-12-6-5-11(2)10(12)13/h5-6,8-9H,3-4,7H2,1-2H3. The Hall–Kier alpha value is -1.03. The third-order valence-electron chi connectivity index (χ3n) is 2.74. The molecule has 0 amide bonds. The van der Waals surface area contributed by atoms with Gasteiger partial charge in [0.25, 0.3) is 0 Å². The predicted molar refractivity (Wildman–Crippen MR) is 53.2 cm³/mol. The number of aryl methyl sites for hydroxylation is 1. The summed E-state index contributed by atoms with van der Waals surface area (Å²) in [7, 11) is 1.76. The summed E-state index contributed by atoms with van der Waals surface area (Å²) in [6.45, 7) is 2.76. The molecule has 2 atom stereocenters. The fraction of sp³-hybridized carbons (Fsp3) is 0.700. The highest BCUT2D eigenvalue weighted by molar-refractivity contribution is 4.82. The molecule has 0 spiro atoms. The monoisotopic (exact) mass is 196 g/mol. The van der Waals surface area contributed by atoms with Crippen molar-refractivity contribution in [2.45, 2.75) is 38.5 Å². The zero-order valence-corrected chi connectivity index (χ0v) is 8.64. The Morgan fingerprint density at radius 3 is 2.79 bits per heavy atom. The van der Waals surface area contributed by atoms with Crippen LogP contribution in [0.5, 0.6) is 0 Å². The molecule has 0 aliphatic carbocycles. The molecule has 0 bridgehead atoms. The Bertz CT molecular complexity index is 366. The molecule has 0 aromatic carbocycles. The molecule has 2 unspecified atom stereocenters. The van der Waals surface area contributed by atoms with E-state index in [-0.39, 0.29) is 11.8 Å². The first-order valence-electron chi connectivity index (χ1n) is 5.04. The number of hydrogen-bond donors (Lipinski definition) is 0. The van der Waals surface area contributed by atoms with E-state index in [2.05, 4.69) is 6.92 Å². The van der Waals surface area contributed by atoms with Gasteiger partial charge in [0.05, 0.1) is 18.8 Å². The minimum absolute atomic E-state index is 0.0353. The van der Waals surface area contributed by atoms with Crippen LogP contribution in [0.3, 0.4) is 0 Å². The summed E-state index contributed by atoms with van der Waals surface area (Å²) < 4.78 is 8.95. The van der Waals surface area contributed by atoms with Crippen LogP contribution in [0.2, 0.25) is 0 Å². The second-order valence-corrected chi connectivity index (χ2v) is 3.99. The lowest BCUT2D eigenvalue weighted by Gasteiger charge is -2.10. The molecule has 0 saturated carbocycles. The largest absolute Gasteiger partial charge is 0.373 e. The van der Waals surface area contributed by atoms with Crippen LogP contribution < -0.4 is 5.69 Å². The van der Waals surface area contributed by atoms with Crippen LogP contribution in [0.4, 0.5) is 0 Å². The van der Waals surface area contributed by atoms with Gasteiger partial charge in [0.1, 0.15) is 0 Å². The Morgan fingerprint density at radius 2 is 2.29 bits per heavy atom. The van der Waals surface area contributed by atoms with E-state index in [4.69, 9.17) is 4.74 Å². The SMILES string of the molecule is CC1CCC(Cn2ccn(C)c2=O)O1. The van der Waals surface area contributed by atoms with E-state index >= 15 is 0 Å². The zero-order valence-electron chi connectivity index (χ0n) is 8.64. The summed E-state index contributed by atoms with van der Waals surface area (Å²) in [6.07, 6.45) is 6.31. The van der Waals surface area contributed by atoms with Crippen molar-refractivity contribution in [3.8, 4) is 0 Å². The van der Waals surface area contributed by atoms with Crippen LogP contribution in [0.15, 0.2) is 17.2 Å². The van der Waals surface area contributed by atoms with Crippen molar-refractivity contribution in [3.05, 3.63) is 22.9 Å². The zero-order chi connectivity index (χ0) is 10.1. The van der Waals surface area contributed by atoms with Crippen molar-refractivity contribution in [1.29, 1.82) is 0 Å². The third kappa shape index (κ3) is 1.75. The molecule has 0 N–H and O–H groups in total. The highest BCUT2D eigenvalue weighted by atomic mass is 16.5. The van der Waals surface area contributed by atoms with E-state index in [1.807, 2.05) is 6.20 Å². The molecule has 2 heterocycles. The number of rotatable bonds is 2. The van der Waals surface area contributed by atoms with E-state index in [1.165, 1.54) is 0 Å². The normalized spacial score (nSPS) is 27.0. The van der Waals surface area contributed by atoms with Gasteiger partial charge in [-0.15, -0.1) is 0 Å². The summed E-state index contributed by atoms with van der Waals surface area (Å²) in [4.78, 5) is 11.5. The molecule has 2 rings (SSSR count). The average Bonchev–Trinajstić information content (AvgIpc) is 2.67. The van der Waals surface area contributed by atoms with Crippen molar-refractivity contribution in [3.63, 3.8) is 0 Å². The van der Waals surface area contributed by atoms with Crippen LogP contribution in [0.1, 0.15) is 19.8 Å². The number of nitrogens with zero attached hydrogens (tertiary/aromatic N) is 2. The van der Waals surface area contributed by atoms with Gasteiger partial charge in [-0.25, -0.2) is 4.79 Å². The Labute approximate surface area is 83.1 Å². The molecule has 1 saturated heterocycles. The lowest BCUT2D eigenvalue weighted by atomic mass is 10.2. The Morgan fingerprint density at radius 1 is 1.50 bits per heavy atom. The third-order valence-corrected chi connectivity index (χ3v) is 2.74. The number of aromatic nitrogens is 2. The highest BCUT2D eigenvalue weighted by Gasteiger charge is 2.22. The van der Waals surface area contributed by atoms with Crippen molar-refractivity contribution < 1.29 is 4.74 Å². The molecule has 0 radical (unpaired) electrons. The van der Waals surface area contributed by atoms with Crippen LogP contribution >= 0.6 is 0 Å². The highest BCUT2D eigenvalue weighted by Crippen LogP contribution is 2.19. The van der Waals surface area contributed by atoms with Gasteiger partial charge in [-0.1, -0.05) is 0 Å². The van der Waals surface area contributed by atoms with Gasteiger partial charge in [0.15, 0.2) is 0 Å². The van der Waals surface area contributed by atoms with Gasteiger partial charge in [0.2, 0.25) is 0 Å². The molecular weight excluding hydrogens is 180 g/mol. The first-order chi connectivity index (χ1) is 6.66.